The topological polar surface area (TPSA) is 47.0 Å². The fraction of sp³-hybridized carbons (Fsp3) is 0.125. The van der Waals surface area contributed by atoms with Gasteiger partial charge in [0.25, 0.3) is 0 Å². The molecule has 4 heteroatoms. The van der Waals surface area contributed by atoms with Crippen molar-refractivity contribution in [1.82, 2.24) is 9.97 Å². The van der Waals surface area contributed by atoms with E-state index < -0.39 is 0 Å². The van der Waals surface area contributed by atoms with Gasteiger partial charge in [-0.3, -0.25) is 4.98 Å². The van der Waals surface area contributed by atoms with Crippen molar-refractivity contribution >= 4 is 16.5 Å². The van der Waals surface area contributed by atoms with Crippen LogP contribution in [0.15, 0.2) is 55.0 Å². The molecule has 0 aliphatic heterocycles. The van der Waals surface area contributed by atoms with Gasteiger partial charge in [0, 0.05) is 30.5 Å². The summed E-state index contributed by atoms with van der Waals surface area (Å²) in [4.78, 5) is 8.28. The minimum absolute atomic E-state index is 0.609. The van der Waals surface area contributed by atoms with E-state index in [1.165, 1.54) is 10.9 Å². The van der Waals surface area contributed by atoms with Crippen LogP contribution in [0.5, 0.6) is 5.88 Å². The maximum absolute atomic E-state index is 5.22. The molecule has 0 unspecified atom stereocenters. The Labute approximate surface area is 117 Å². The second-order valence-electron chi connectivity index (χ2n) is 4.47. The summed E-state index contributed by atoms with van der Waals surface area (Å²) in [7, 11) is 1.62. The number of nitrogens with one attached hydrogen (secondary N) is 1. The van der Waals surface area contributed by atoms with E-state index in [4.69, 9.17) is 4.74 Å². The monoisotopic (exact) mass is 265 g/mol. The molecule has 3 aromatic rings. The van der Waals surface area contributed by atoms with Gasteiger partial charge in [-0.15, -0.1) is 0 Å². The summed E-state index contributed by atoms with van der Waals surface area (Å²) < 4.78 is 5.22. The van der Waals surface area contributed by atoms with Crippen LogP contribution >= 0.6 is 0 Å². The third-order valence-corrected chi connectivity index (χ3v) is 3.15. The van der Waals surface area contributed by atoms with E-state index in [0.717, 1.165) is 17.6 Å². The second-order valence-corrected chi connectivity index (χ2v) is 4.47. The SMILES string of the molecule is COc1ncccc1NCc1ccc2cnccc2c1. The Kier molecular flexibility index (Phi) is 3.46. The predicted molar refractivity (Wildman–Crippen MR) is 79.9 cm³/mol. The first-order valence-electron chi connectivity index (χ1n) is 6.42. The number of rotatable bonds is 4. The molecule has 0 radical (unpaired) electrons. The molecule has 4 nitrogen and oxygen atoms in total. The molecule has 0 bridgehead atoms. The largest absolute Gasteiger partial charge is 0.480 e. The molecule has 0 spiro atoms. The third-order valence-electron chi connectivity index (χ3n) is 3.15. The van der Waals surface area contributed by atoms with Crippen molar-refractivity contribution in [2.45, 2.75) is 6.54 Å². The number of anilines is 1. The Bertz CT molecular complexity index is 727. The number of nitrogens with zero attached hydrogens (tertiary/aromatic N) is 2. The van der Waals surface area contributed by atoms with Crippen molar-refractivity contribution in [3.05, 3.63) is 60.6 Å². The maximum atomic E-state index is 5.22. The summed E-state index contributed by atoms with van der Waals surface area (Å²) in [6, 6.07) is 12.2. The Morgan fingerprint density at radius 2 is 2.05 bits per heavy atom. The van der Waals surface area contributed by atoms with E-state index in [9.17, 15) is 0 Å². The van der Waals surface area contributed by atoms with Gasteiger partial charge >= 0.3 is 0 Å². The Morgan fingerprint density at radius 3 is 2.95 bits per heavy atom. The van der Waals surface area contributed by atoms with E-state index >= 15 is 0 Å². The van der Waals surface area contributed by atoms with Crippen LogP contribution in [-0.4, -0.2) is 17.1 Å². The summed E-state index contributed by atoms with van der Waals surface area (Å²) in [5, 5.41) is 5.68. The number of hydrogen-bond acceptors (Lipinski definition) is 4. The average Bonchev–Trinajstić information content (AvgIpc) is 2.53. The molecule has 0 aliphatic rings. The van der Waals surface area contributed by atoms with Gasteiger partial charge in [-0.05, 0) is 35.2 Å². The first kappa shape index (κ1) is 12.4. The molecule has 0 saturated heterocycles. The summed E-state index contributed by atoms with van der Waals surface area (Å²) in [6.07, 6.45) is 5.40. The fourth-order valence-electron chi connectivity index (χ4n) is 2.13. The zero-order valence-corrected chi connectivity index (χ0v) is 11.2. The molecule has 20 heavy (non-hydrogen) atoms. The molecule has 1 N–H and O–H groups in total. The number of ether oxygens (including phenoxy) is 1. The smallest absolute Gasteiger partial charge is 0.237 e. The highest BCUT2D eigenvalue weighted by atomic mass is 16.5. The molecular formula is C16H15N3O. The van der Waals surface area contributed by atoms with Gasteiger partial charge in [0.15, 0.2) is 0 Å². The molecular weight excluding hydrogens is 250 g/mol. The lowest BCUT2D eigenvalue weighted by Crippen LogP contribution is -2.02. The number of aromatic nitrogens is 2. The van der Waals surface area contributed by atoms with Crippen LogP contribution in [-0.2, 0) is 6.54 Å². The number of methoxy groups -OCH3 is 1. The normalized spacial score (nSPS) is 10.4. The van der Waals surface area contributed by atoms with Crippen LogP contribution in [0.3, 0.4) is 0 Å². The molecule has 0 amide bonds. The summed E-state index contributed by atoms with van der Waals surface area (Å²) >= 11 is 0. The van der Waals surface area contributed by atoms with Crippen molar-refractivity contribution in [2.75, 3.05) is 12.4 Å². The molecule has 3 rings (SSSR count). The standard InChI is InChI=1S/C16H15N3O/c1-20-16-15(3-2-7-18-16)19-10-12-4-5-14-11-17-8-6-13(14)9-12/h2-9,11,19H,10H2,1H3. The summed E-state index contributed by atoms with van der Waals surface area (Å²) in [5.74, 6) is 0.609. The average molecular weight is 265 g/mol. The summed E-state index contributed by atoms with van der Waals surface area (Å²) in [6.45, 7) is 0.723. The van der Waals surface area contributed by atoms with Gasteiger partial charge in [0.1, 0.15) is 0 Å². The van der Waals surface area contributed by atoms with Crippen molar-refractivity contribution in [1.29, 1.82) is 0 Å². The van der Waals surface area contributed by atoms with Gasteiger partial charge in [-0.2, -0.15) is 0 Å². The van der Waals surface area contributed by atoms with Crippen LogP contribution in [0.25, 0.3) is 10.8 Å². The lowest BCUT2D eigenvalue weighted by atomic mass is 10.1. The molecule has 0 fully saturated rings. The van der Waals surface area contributed by atoms with E-state index in [-0.39, 0.29) is 0 Å². The molecule has 0 atom stereocenters. The van der Waals surface area contributed by atoms with Crippen LogP contribution in [0.2, 0.25) is 0 Å². The predicted octanol–water partition coefficient (Wildman–Crippen LogP) is 3.25. The second kappa shape index (κ2) is 5.57. The molecule has 2 aromatic heterocycles. The highest BCUT2D eigenvalue weighted by Crippen LogP contribution is 2.21. The first-order chi connectivity index (χ1) is 9.86. The number of hydrogen-bond donors (Lipinski definition) is 1. The molecule has 2 heterocycles. The van der Waals surface area contributed by atoms with Crippen molar-refractivity contribution in [3.63, 3.8) is 0 Å². The van der Waals surface area contributed by atoms with Crippen LogP contribution < -0.4 is 10.1 Å². The van der Waals surface area contributed by atoms with Gasteiger partial charge in [0.05, 0.1) is 12.8 Å². The zero-order chi connectivity index (χ0) is 13.8. The van der Waals surface area contributed by atoms with E-state index in [1.807, 2.05) is 30.6 Å². The quantitative estimate of drug-likeness (QED) is 0.786. The van der Waals surface area contributed by atoms with Gasteiger partial charge in [-0.1, -0.05) is 12.1 Å². The molecule has 100 valence electrons. The minimum atomic E-state index is 0.609. The maximum Gasteiger partial charge on any atom is 0.237 e. The van der Waals surface area contributed by atoms with Crippen molar-refractivity contribution in [2.24, 2.45) is 0 Å². The molecule has 0 saturated carbocycles. The highest BCUT2D eigenvalue weighted by Gasteiger charge is 2.03. The number of benzene rings is 1. The summed E-state index contributed by atoms with van der Waals surface area (Å²) in [5.41, 5.74) is 2.10. The van der Waals surface area contributed by atoms with Crippen LogP contribution in [0, 0.1) is 0 Å². The van der Waals surface area contributed by atoms with Crippen molar-refractivity contribution < 1.29 is 4.74 Å². The lowest BCUT2D eigenvalue weighted by Gasteiger charge is -2.10. The number of pyridine rings is 2. The lowest BCUT2D eigenvalue weighted by molar-refractivity contribution is 0.399. The minimum Gasteiger partial charge on any atom is -0.480 e. The number of fused-ring (bicyclic) bond motifs is 1. The Balaban J connectivity index is 1.79. The fourth-order valence-corrected chi connectivity index (χ4v) is 2.13. The molecule has 1 aromatic carbocycles. The van der Waals surface area contributed by atoms with E-state index in [1.54, 1.807) is 13.3 Å². The van der Waals surface area contributed by atoms with Gasteiger partial charge in [-0.25, -0.2) is 4.98 Å². The van der Waals surface area contributed by atoms with Crippen LogP contribution in [0.1, 0.15) is 5.56 Å². The van der Waals surface area contributed by atoms with Gasteiger partial charge in [0.2, 0.25) is 5.88 Å². The van der Waals surface area contributed by atoms with E-state index in [0.29, 0.717) is 5.88 Å². The Hall–Kier alpha value is -2.62. The molecule has 0 aliphatic carbocycles. The Morgan fingerprint density at radius 1 is 1.10 bits per heavy atom. The zero-order valence-electron chi connectivity index (χ0n) is 11.2. The first-order valence-corrected chi connectivity index (χ1v) is 6.42. The van der Waals surface area contributed by atoms with Crippen molar-refractivity contribution in [3.8, 4) is 5.88 Å². The highest BCUT2D eigenvalue weighted by molar-refractivity contribution is 5.82. The van der Waals surface area contributed by atoms with Gasteiger partial charge < -0.3 is 10.1 Å². The third kappa shape index (κ3) is 2.54. The van der Waals surface area contributed by atoms with E-state index in [2.05, 4.69) is 33.5 Å². The van der Waals surface area contributed by atoms with Crippen LogP contribution in [0.4, 0.5) is 5.69 Å².